The minimum atomic E-state index is -0.820. The molecule has 1 atom stereocenters. The Morgan fingerprint density at radius 3 is 2.79 bits per heavy atom. The first kappa shape index (κ1) is 19.2. The van der Waals surface area contributed by atoms with Crippen LogP contribution in [0.15, 0.2) is 12.1 Å². The molecule has 0 spiro atoms. The van der Waals surface area contributed by atoms with Crippen molar-refractivity contribution < 1.29 is 14.7 Å². The maximum Gasteiger partial charge on any atom is 0.317 e. The largest absolute Gasteiger partial charge is 0.480 e. The van der Waals surface area contributed by atoms with Crippen molar-refractivity contribution >= 4 is 17.7 Å². The number of amides is 1. The molecule has 2 N–H and O–H groups in total. The van der Waals surface area contributed by atoms with Gasteiger partial charge in [-0.05, 0) is 62.6 Å². The molecular formula is C21H30N4O3. The minimum Gasteiger partial charge on any atom is -0.480 e. The van der Waals surface area contributed by atoms with Gasteiger partial charge in [0.1, 0.15) is 5.82 Å². The van der Waals surface area contributed by atoms with Crippen LogP contribution in [-0.2, 0) is 22.4 Å². The first-order chi connectivity index (χ1) is 13.6. The zero-order valence-corrected chi connectivity index (χ0v) is 16.4. The van der Waals surface area contributed by atoms with Crippen LogP contribution in [0.25, 0.3) is 0 Å². The molecule has 0 saturated carbocycles. The van der Waals surface area contributed by atoms with Crippen LogP contribution in [0.3, 0.4) is 0 Å². The van der Waals surface area contributed by atoms with E-state index in [4.69, 9.17) is 10.1 Å². The highest BCUT2D eigenvalue weighted by Gasteiger charge is 2.33. The minimum absolute atomic E-state index is 0.0362. The van der Waals surface area contributed by atoms with Crippen LogP contribution in [0, 0.1) is 11.8 Å². The summed E-state index contributed by atoms with van der Waals surface area (Å²) in [5.41, 5.74) is 2.47. The van der Waals surface area contributed by atoms with Crippen molar-refractivity contribution in [3.8, 4) is 0 Å². The van der Waals surface area contributed by atoms with Gasteiger partial charge >= 0.3 is 5.97 Å². The summed E-state index contributed by atoms with van der Waals surface area (Å²) in [5, 5.41) is 12.3. The van der Waals surface area contributed by atoms with E-state index in [1.165, 1.54) is 12.0 Å². The van der Waals surface area contributed by atoms with Crippen molar-refractivity contribution in [3.05, 3.63) is 23.4 Å². The fraction of sp³-hybridized carbons (Fsp3) is 0.667. The summed E-state index contributed by atoms with van der Waals surface area (Å²) < 4.78 is 0. The third kappa shape index (κ3) is 4.46. The van der Waals surface area contributed by atoms with Crippen LogP contribution in [0.5, 0.6) is 0 Å². The predicted molar refractivity (Wildman–Crippen MR) is 106 cm³/mol. The number of hydrogen-bond donors (Lipinski definition) is 2. The second-order valence-electron chi connectivity index (χ2n) is 8.43. The number of carboxylic acid groups (broad SMARTS) is 1. The van der Waals surface area contributed by atoms with Gasteiger partial charge in [-0.25, -0.2) is 4.98 Å². The maximum atomic E-state index is 12.8. The molecule has 2 fully saturated rings. The van der Waals surface area contributed by atoms with Crippen molar-refractivity contribution in [2.24, 2.45) is 11.8 Å². The van der Waals surface area contributed by atoms with Gasteiger partial charge in [-0.2, -0.15) is 0 Å². The van der Waals surface area contributed by atoms with Crippen LogP contribution in [0.1, 0.15) is 36.9 Å². The molecule has 7 heteroatoms. The number of piperidine rings is 1. The van der Waals surface area contributed by atoms with Gasteiger partial charge in [0.25, 0.3) is 0 Å². The van der Waals surface area contributed by atoms with Crippen molar-refractivity contribution in [2.45, 2.75) is 38.5 Å². The molecule has 1 aromatic rings. The quantitative estimate of drug-likeness (QED) is 0.800. The van der Waals surface area contributed by atoms with Gasteiger partial charge in [0.15, 0.2) is 0 Å². The van der Waals surface area contributed by atoms with E-state index in [0.29, 0.717) is 19.0 Å². The van der Waals surface area contributed by atoms with Crippen LogP contribution >= 0.6 is 0 Å². The number of aromatic nitrogens is 1. The van der Waals surface area contributed by atoms with Gasteiger partial charge in [0.2, 0.25) is 5.91 Å². The highest BCUT2D eigenvalue weighted by molar-refractivity contribution is 5.79. The van der Waals surface area contributed by atoms with E-state index >= 15 is 0 Å². The zero-order chi connectivity index (χ0) is 19.5. The first-order valence-electron chi connectivity index (χ1n) is 10.5. The standard InChI is InChI=1S/C21H30N4O3/c26-19(27)14-24-9-7-17(13-24)21(28)25-10-5-15(6-11-25)12-18-4-3-16-2-1-8-22-20(16)23-18/h3-4,15,17H,1-2,5-14H2,(H,22,23)(H,26,27)/t17-/m1/s1. The molecule has 0 aromatic carbocycles. The lowest BCUT2D eigenvalue weighted by Gasteiger charge is -2.33. The Kier molecular flexibility index (Phi) is 5.80. The second kappa shape index (κ2) is 8.47. The zero-order valence-electron chi connectivity index (χ0n) is 16.4. The Morgan fingerprint density at radius 1 is 1.18 bits per heavy atom. The summed E-state index contributed by atoms with van der Waals surface area (Å²) in [5.74, 6) is 0.987. The average Bonchev–Trinajstić information content (AvgIpc) is 3.16. The SMILES string of the molecule is O=C(O)CN1CC[C@@H](C(=O)N2CCC(Cc3ccc4c(n3)NCCC4)CC2)C1. The van der Waals surface area contributed by atoms with Crippen LogP contribution in [0.4, 0.5) is 5.82 Å². The molecular weight excluding hydrogens is 356 g/mol. The lowest BCUT2D eigenvalue weighted by molar-refractivity contribution is -0.139. The Balaban J connectivity index is 1.25. The number of fused-ring (bicyclic) bond motifs is 1. The number of nitrogens with one attached hydrogen (secondary N) is 1. The van der Waals surface area contributed by atoms with Gasteiger partial charge < -0.3 is 15.3 Å². The molecule has 1 aromatic heterocycles. The van der Waals surface area contributed by atoms with Crippen molar-refractivity contribution in [3.63, 3.8) is 0 Å². The number of aryl methyl sites for hydroxylation is 1. The third-order valence-corrected chi connectivity index (χ3v) is 6.36. The van der Waals surface area contributed by atoms with Crippen molar-refractivity contribution in [1.29, 1.82) is 0 Å². The summed E-state index contributed by atoms with van der Waals surface area (Å²) in [4.78, 5) is 32.3. The number of carbonyl (C=O) groups excluding carboxylic acids is 1. The number of nitrogens with zero attached hydrogens (tertiary/aromatic N) is 3. The normalized spacial score (nSPS) is 23.3. The fourth-order valence-corrected chi connectivity index (χ4v) is 4.76. The average molecular weight is 386 g/mol. The number of pyridine rings is 1. The number of likely N-dealkylation sites (tertiary alicyclic amines) is 2. The number of carboxylic acids is 1. The monoisotopic (exact) mass is 386 g/mol. The molecule has 28 heavy (non-hydrogen) atoms. The Labute approximate surface area is 166 Å². The highest BCUT2D eigenvalue weighted by Crippen LogP contribution is 2.26. The van der Waals surface area contributed by atoms with Gasteiger partial charge in [-0.15, -0.1) is 0 Å². The molecule has 0 unspecified atom stereocenters. The van der Waals surface area contributed by atoms with E-state index in [1.54, 1.807) is 0 Å². The van der Waals surface area contributed by atoms with Gasteiger partial charge in [-0.1, -0.05) is 6.07 Å². The molecule has 1 amide bonds. The smallest absolute Gasteiger partial charge is 0.317 e. The predicted octanol–water partition coefficient (Wildman–Crippen LogP) is 1.63. The van der Waals surface area contributed by atoms with E-state index < -0.39 is 5.97 Å². The Bertz CT molecular complexity index is 730. The van der Waals surface area contributed by atoms with Gasteiger partial charge in [0.05, 0.1) is 12.5 Å². The number of rotatable bonds is 5. The molecule has 0 bridgehead atoms. The fourth-order valence-electron chi connectivity index (χ4n) is 4.76. The van der Waals surface area contributed by atoms with E-state index in [1.807, 2.05) is 9.80 Å². The molecule has 152 valence electrons. The van der Waals surface area contributed by atoms with E-state index in [0.717, 1.165) is 63.3 Å². The number of anilines is 1. The Hall–Kier alpha value is -2.15. The molecule has 7 nitrogen and oxygen atoms in total. The van der Waals surface area contributed by atoms with Crippen LogP contribution in [0.2, 0.25) is 0 Å². The first-order valence-corrected chi connectivity index (χ1v) is 10.5. The van der Waals surface area contributed by atoms with Crippen molar-refractivity contribution in [1.82, 2.24) is 14.8 Å². The molecule has 0 radical (unpaired) electrons. The van der Waals surface area contributed by atoms with Crippen LogP contribution in [-0.4, -0.2) is 71.0 Å². The summed E-state index contributed by atoms with van der Waals surface area (Å²) in [7, 11) is 0. The summed E-state index contributed by atoms with van der Waals surface area (Å²) >= 11 is 0. The van der Waals surface area contributed by atoms with E-state index in [2.05, 4.69) is 17.4 Å². The molecule has 3 aliphatic heterocycles. The van der Waals surface area contributed by atoms with Crippen molar-refractivity contribution in [2.75, 3.05) is 44.6 Å². The summed E-state index contributed by atoms with van der Waals surface area (Å²) in [6.07, 6.45) is 6.08. The molecule has 0 aliphatic carbocycles. The summed E-state index contributed by atoms with van der Waals surface area (Å²) in [6.45, 7) is 3.95. The Morgan fingerprint density at radius 2 is 2.00 bits per heavy atom. The van der Waals surface area contributed by atoms with E-state index in [-0.39, 0.29) is 18.4 Å². The number of carbonyl (C=O) groups is 2. The van der Waals surface area contributed by atoms with Gasteiger partial charge in [0, 0.05) is 31.9 Å². The van der Waals surface area contributed by atoms with E-state index in [9.17, 15) is 9.59 Å². The lowest BCUT2D eigenvalue weighted by Crippen LogP contribution is -2.43. The topological polar surface area (TPSA) is 85.8 Å². The number of hydrogen-bond acceptors (Lipinski definition) is 5. The van der Waals surface area contributed by atoms with Crippen LogP contribution < -0.4 is 5.32 Å². The highest BCUT2D eigenvalue weighted by atomic mass is 16.4. The molecule has 4 heterocycles. The second-order valence-corrected chi connectivity index (χ2v) is 8.43. The maximum absolute atomic E-state index is 12.8. The molecule has 3 aliphatic rings. The molecule has 2 saturated heterocycles. The summed E-state index contributed by atoms with van der Waals surface area (Å²) in [6, 6.07) is 4.38. The number of aliphatic carboxylic acids is 1. The van der Waals surface area contributed by atoms with Gasteiger partial charge in [-0.3, -0.25) is 14.5 Å². The third-order valence-electron chi connectivity index (χ3n) is 6.36. The lowest BCUT2D eigenvalue weighted by atomic mass is 9.91. The molecule has 4 rings (SSSR count).